The zero-order valence-electron chi connectivity index (χ0n) is 12.0. The average Bonchev–Trinajstić information content (AvgIpc) is 2.47. The van der Waals surface area contributed by atoms with E-state index in [0.29, 0.717) is 0 Å². The number of esters is 1. The topological polar surface area (TPSA) is 52.6 Å². The first kappa shape index (κ1) is 16.6. The smallest absolute Gasteiger partial charge is 0.374 e. The van der Waals surface area contributed by atoms with Crippen molar-refractivity contribution in [3.8, 4) is 5.75 Å². The highest BCUT2D eigenvalue weighted by Gasteiger charge is 2.22. The van der Waals surface area contributed by atoms with E-state index in [2.05, 4.69) is 0 Å². The third-order valence-corrected chi connectivity index (χ3v) is 3.90. The normalized spacial score (nSPS) is 11.8. The van der Waals surface area contributed by atoms with E-state index in [1.807, 2.05) is 31.2 Å². The first-order chi connectivity index (χ1) is 9.62. The van der Waals surface area contributed by atoms with Crippen LogP contribution in [-0.2, 0) is 14.3 Å². The number of methoxy groups -OCH3 is 1. The summed E-state index contributed by atoms with van der Waals surface area (Å²) < 4.78 is 9.85. The van der Waals surface area contributed by atoms with Gasteiger partial charge in [0.1, 0.15) is 5.75 Å². The van der Waals surface area contributed by atoms with Crippen molar-refractivity contribution in [2.24, 2.45) is 0 Å². The van der Waals surface area contributed by atoms with Gasteiger partial charge >= 0.3 is 5.97 Å². The van der Waals surface area contributed by atoms with Crippen LogP contribution in [-0.4, -0.2) is 31.2 Å². The number of carbonyl (C=O) groups excluding carboxylic acids is 2. The van der Waals surface area contributed by atoms with Crippen LogP contribution in [0, 0.1) is 0 Å². The van der Waals surface area contributed by atoms with Gasteiger partial charge in [0, 0.05) is 11.7 Å². The quantitative estimate of drug-likeness (QED) is 0.545. The predicted octanol–water partition coefficient (Wildman–Crippen LogP) is 3.01. The molecule has 0 N–H and O–H groups in total. The Morgan fingerprint density at radius 2 is 1.85 bits per heavy atom. The largest absolute Gasteiger partial charge is 0.497 e. The van der Waals surface area contributed by atoms with Crippen LogP contribution in [0.2, 0.25) is 0 Å². The van der Waals surface area contributed by atoms with Crippen molar-refractivity contribution in [2.75, 3.05) is 19.5 Å². The maximum Gasteiger partial charge on any atom is 0.374 e. The fourth-order valence-corrected chi connectivity index (χ4v) is 2.78. The number of thioether (sulfide) groups is 1. The lowest BCUT2D eigenvalue weighted by Gasteiger charge is -2.15. The molecule has 0 amide bonds. The van der Waals surface area contributed by atoms with Crippen molar-refractivity contribution in [3.05, 3.63) is 29.8 Å². The van der Waals surface area contributed by atoms with Crippen LogP contribution in [0.3, 0.4) is 0 Å². The maximum atomic E-state index is 11.8. The van der Waals surface area contributed by atoms with E-state index in [1.54, 1.807) is 25.8 Å². The standard InChI is InChI=1S/C15H20O4S/c1-4-19-15(17)13(16)10-14(20-5-2)11-6-8-12(18-3)9-7-11/h6-9,14H,4-5,10H2,1-3H3. The van der Waals surface area contributed by atoms with E-state index >= 15 is 0 Å². The minimum absolute atomic E-state index is 0.0391. The van der Waals surface area contributed by atoms with Crippen LogP contribution in [0.1, 0.15) is 31.1 Å². The molecule has 0 bridgehead atoms. The van der Waals surface area contributed by atoms with E-state index in [4.69, 9.17) is 9.47 Å². The average molecular weight is 296 g/mol. The fourth-order valence-electron chi connectivity index (χ4n) is 1.76. The van der Waals surface area contributed by atoms with Gasteiger partial charge in [-0.15, -0.1) is 0 Å². The second kappa shape index (κ2) is 8.64. The van der Waals surface area contributed by atoms with Crippen LogP contribution in [0.15, 0.2) is 24.3 Å². The summed E-state index contributed by atoms with van der Waals surface area (Å²) in [6.45, 7) is 3.93. The summed E-state index contributed by atoms with van der Waals surface area (Å²) in [6, 6.07) is 7.55. The molecule has 0 heterocycles. The second-order valence-electron chi connectivity index (χ2n) is 4.06. The maximum absolute atomic E-state index is 11.8. The number of ether oxygens (including phenoxy) is 2. The molecule has 1 aromatic rings. The minimum Gasteiger partial charge on any atom is -0.497 e. The zero-order chi connectivity index (χ0) is 15.0. The summed E-state index contributed by atoms with van der Waals surface area (Å²) in [4.78, 5) is 23.2. The van der Waals surface area contributed by atoms with Crippen molar-refractivity contribution in [3.63, 3.8) is 0 Å². The van der Waals surface area contributed by atoms with Gasteiger partial charge in [-0.1, -0.05) is 19.1 Å². The molecular weight excluding hydrogens is 276 g/mol. The highest BCUT2D eigenvalue weighted by Crippen LogP contribution is 2.33. The van der Waals surface area contributed by atoms with Gasteiger partial charge in [0.15, 0.2) is 0 Å². The number of hydrogen-bond acceptors (Lipinski definition) is 5. The van der Waals surface area contributed by atoms with Gasteiger partial charge in [0.05, 0.1) is 13.7 Å². The minimum atomic E-state index is -0.747. The molecule has 20 heavy (non-hydrogen) atoms. The van der Waals surface area contributed by atoms with Crippen molar-refractivity contribution in [1.82, 2.24) is 0 Å². The molecule has 1 rings (SSSR count). The van der Waals surface area contributed by atoms with Crippen LogP contribution >= 0.6 is 11.8 Å². The molecule has 0 spiro atoms. The Hall–Kier alpha value is -1.49. The van der Waals surface area contributed by atoms with Crippen molar-refractivity contribution in [2.45, 2.75) is 25.5 Å². The molecule has 0 fully saturated rings. The van der Waals surface area contributed by atoms with Crippen LogP contribution in [0.4, 0.5) is 0 Å². The lowest BCUT2D eigenvalue weighted by Crippen LogP contribution is -2.19. The van der Waals surface area contributed by atoms with Crippen molar-refractivity contribution < 1.29 is 19.1 Å². The number of Topliss-reactive ketones (excluding diaryl/α,β-unsaturated/α-hetero) is 1. The second-order valence-corrected chi connectivity index (χ2v) is 5.54. The molecule has 5 heteroatoms. The van der Waals surface area contributed by atoms with E-state index in [-0.39, 0.29) is 18.3 Å². The molecule has 4 nitrogen and oxygen atoms in total. The van der Waals surface area contributed by atoms with Gasteiger partial charge in [-0.05, 0) is 30.4 Å². The highest BCUT2D eigenvalue weighted by atomic mass is 32.2. The molecule has 110 valence electrons. The monoisotopic (exact) mass is 296 g/mol. The molecule has 0 aliphatic rings. The molecule has 1 atom stereocenters. The number of ketones is 1. The lowest BCUT2D eigenvalue weighted by molar-refractivity contribution is -0.153. The van der Waals surface area contributed by atoms with Gasteiger partial charge in [-0.3, -0.25) is 4.79 Å². The summed E-state index contributed by atoms with van der Waals surface area (Å²) in [5.74, 6) is 0.411. The Balaban J connectivity index is 2.77. The molecule has 1 aromatic carbocycles. The van der Waals surface area contributed by atoms with E-state index in [1.165, 1.54) is 0 Å². The Morgan fingerprint density at radius 3 is 2.35 bits per heavy atom. The molecular formula is C15H20O4S. The van der Waals surface area contributed by atoms with E-state index in [0.717, 1.165) is 17.1 Å². The Morgan fingerprint density at radius 1 is 1.20 bits per heavy atom. The van der Waals surface area contributed by atoms with Gasteiger partial charge in [-0.25, -0.2) is 4.79 Å². The predicted molar refractivity (Wildman–Crippen MR) is 80.1 cm³/mol. The Labute approximate surface area is 123 Å². The molecule has 0 aliphatic heterocycles. The van der Waals surface area contributed by atoms with Gasteiger partial charge in [0.2, 0.25) is 5.78 Å². The lowest BCUT2D eigenvalue weighted by atomic mass is 10.1. The van der Waals surface area contributed by atoms with Crippen LogP contribution < -0.4 is 4.74 Å². The summed E-state index contributed by atoms with van der Waals surface area (Å²) in [7, 11) is 1.61. The third kappa shape index (κ3) is 4.89. The summed E-state index contributed by atoms with van der Waals surface area (Å²) in [6.07, 6.45) is 0.156. The number of hydrogen-bond donors (Lipinski definition) is 0. The number of rotatable bonds is 8. The summed E-state index contributed by atoms with van der Waals surface area (Å²) >= 11 is 1.64. The van der Waals surface area contributed by atoms with Gasteiger partial charge in [0.25, 0.3) is 0 Å². The first-order valence-corrected chi connectivity index (χ1v) is 7.62. The van der Waals surface area contributed by atoms with Crippen molar-refractivity contribution >= 4 is 23.5 Å². The molecule has 1 unspecified atom stereocenters. The van der Waals surface area contributed by atoms with Gasteiger partial charge in [-0.2, -0.15) is 11.8 Å². The number of carbonyl (C=O) groups is 2. The van der Waals surface area contributed by atoms with Gasteiger partial charge < -0.3 is 9.47 Å². The Kier molecular flexibility index (Phi) is 7.15. The highest BCUT2D eigenvalue weighted by molar-refractivity contribution is 7.99. The molecule has 0 saturated heterocycles. The van der Waals surface area contributed by atoms with Crippen molar-refractivity contribution in [1.29, 1.82) is 0 Å². The van der Waals surface area contributed by atoms with Crippen LogP contribution in [0.5, 0.6) is 5.75 Å². The third-order valence-electron chi connectivity index (χ3n) is 2.73. The summed E-state index contributed by atoms with van der Waals surface area (Å²) in [5, 5.41) is -0.0391. The van der Waals surface area contributed by atoms with Crippen LogP contribution in [0.25, 0.3) is 0 Å². The fraction of sp³-hybridized carbons (Fsp3) is 0.467. The zero-order valence-corrected chi connectivity index (χ0v) is 12.9. The molecule has 0 aliphatic carbocycles. The first-order valence-electron chi connectivity index (χ1n) is 6.57. The summed E-state index contributed by atoms with van der Waals surface area (Å²) in [5.41, 5.74) is 1.01. The molecule has 0 saturated carbocycles. The van der Waals surface area contributed by atoms with E-state index in [9.17, 15) is 9.59 Å². The SMILES string of the molecule is CCOC(=O)C(=O)CC(SCC)c1ccc(OC)cc1. The Bertz CT molecular complexity index is 442. The van der Waals surface area contributed by atoms with E-state index < -0.39 is 11.8 Å². The number of benzene rings is 1. The molecule has 0 radical (unpaired) electrons. The molecule has 0 aromatic heterocycles.